The Morgan fingerprint density at radius 1 is 1.29 bits per heavy atom. The highest BCUT2D eigenvalue weighted by Gasteiger charge is 2.28. The zero-order chi connectivity index (χ0) is 15.2. The van der Waals surface area contributed by atoms with E-state index in [0.29, 0.717) is 25.9 Å². The van der Waals surface area contributed by atoms with E-state index in [9.17, 15) is 9.59 Å². The summed E-state index contributed by atoms with van der Waals surface area (Å²) in [6.07, 6.45) is 1.38. The summed E-state index contributed by atoms with van der Waals surface area (Å²) in [5, 5.41) is -0.0599. The Hall–Kier alpha value is -1.49. The summed E-state index contributed by atoms with van der Waals surface area (Å²) in [4.78, 5) is 25.4. The van der Waals surface area contributed by atoms with E-state index in [-0.39, 0.29) is 23.0 Å². The fourth-order valence-electron chi connectivity index (χ4n) is 2.51. The summed E-state index contributed by atoms with van der Waals surface area (Å²) in [7, 11) is 0. The lowest BCUT2D eigenvalue weighted by atomic mass is 9.96. The number of primary amides is 1. The van der Waals surface area contributed by atoms with Gasteiger partial charge in [-0.25, -0.2) is 0 Å². The molecule has 1 aromatic carbocycles. The summed E-state index contributed by atoms with van der Waals surface area (Å²) in [5.74, 6) is 0.694. The number of hydrogen-bond acceptors (Lipinski definition) is 3. The first-order chi connectivity index (χ1) is 10.1. The molecule has 114 valence electrons. The molecule has 0 aromatic heterocycles. The van der Waals surface area contributed by atoms with Gasteiger partial charge < -0.3 is 10.6 Å². The van der Waals surface area contributed by atoms with Gasteiger partial charge in [-0.15, -0.1) is 11.8 Å². The molecule has 1 unspecified atom stereocenters. The van der Waals surface area contributed by atoms with Crippen LogP contribution < -0.4 is 5.73 Å². The van der Waals surface area contributed by atoms with Crippen LogP contribution in [-0.2, 0) is 15.3 Å². The summed E-state index contributed by atoms with van der Waals surface area (Å²) < 4.78 is 0. The van der Waals surface area contributed by atoms with Gasteiger partial charge >= 0.3 is 0 Å². The van der Waals surface area contributed by atoms with Gasteiger partial charge in [0.1, 0.15) is 0 Å². The lowest BCUT2D eigenvalue weighted by molar-refractivity contribution is -0.134. The minimum Gasteiger partial charge on any atom is -0.369 e. The van der Waals surface area contributed by atoms with E-state index >= 15 is 0 Å². The van der Waals surface area contributed by atoms with Crippen LogP contribution in [0.2, 0.25) is 0 Å². The summed E-state index contributed by atoms with van der Waals surface area (Å²) in [6.45, 7) is 3.24. The molecule has 1 fully saturated rings. The zero-order valence-electron chi connectivity index (χ0n) is 12.3. The van der Waals surface area contributed by atoms with E-state index in [2.05, 4.69) is 12.1 Å². The van der Waals surface area contributed by atoms with Crippen LogP contribution in [0.15, 0.2) is 30.3 Å². The van der Waals surface area contributed by atoms with Crippen molar-refractivity contribution in [3.05, 3.63) is 35.9 Å². The van der Waals surface area contributed by atoms with Gasteiger partial charge in [-0.3, -0.25) is 9.59 Å². The topological polar surface area (TPSA) is 63.4 Å². The van der Waals surface area contributed by atoms with Crippen LogP contribution in [0.5, 0.6) is 0 Å². The van der Waals surface area contributed by atoms with Crippen LogP contribution in [0.3, 0.4) is 0 Å². The van der Waals surface area contributed by atoms with Crippen LogP contribution in [0.25, 0.3) is 0 Å². The number of likely N-dealkylation sites (tertiary alicyclic amines) is 1. The molecule has 21 heavy (non-hydrogen) atoms. The number of amides is 2. The number of nitrogens with zero attached hydrogens (tertiary/aromatic N) is 1. The third-order valence-corrected chi connectivity index (χ3v) is 5.10. The first-order valence-electron chi connectivity index (χ1n) is 7.31. The van der Waals surface area contributed by atoms with Crippen LogP contribution in [-0.4, -0.2) is 35.1 Å². The maximum Gasteiger partial charge on any atom is 0.235 e. The molecule has 1 aliphatic rings. The van der Waals surface area contributed by atoms with Crippen molar-refractivity contribution in [2.45, 2.75) is 30.8 Å². The largest absolute Gasteiger partial charge is 0.369 e. The van der Waals surface area contributed by atoms with Gasteiger partial charge in [-0.05, 0) is 25.3 Å². The van der Waals surface area contributed by atoms with Gasteiger partial charge in [0.2, 0.25) is 11.8 Å². The van der Waals surface area contributed by atoms with Crippen molar-refractivity contribution >= 4 is 23.6 Å². The molecule has 1 saturated heterocycles. The van der Waals surface area contributed by atoms with E-state index in [0.717, 1.165) is 5.75 Å². The molecule has 0 spiro atoms. The Labute approximate surface area is 130 Å². The van der Waals surface area contributed by atoms with Crippen LogP contribution >= 0.6 is 11.8 Å². The lowest BCUT2D eigenvalue weighted by Gasteiger charge is -2.32. The average Bonchev–Trinajstić information content (AvgIpc) is 2.53. The number of carbonyl (C=O) groups excluding carboxylic acids is 2. The average molecular weight is 306 g/mol. The summed E-state index contributed by atoms with van der Waals surface area (Å²) in [6, 6.07) is 10.2. The van der Waals surface area contributed by atoms with Crippen molar-refractivity contribution < 1.29 is 9.59 Å². The minimum absolute atomic E-state index is 0.0599. The number of thioether (sulfide) groups is 1. The monoisotopic (exact) mass is 306 g/mol. The van der Waals surface area contributed by atoms with Crippen molar-refractivity contribution in [3.8, 4) is 0 Å². The van der Waals surface area contributed by atoms with E-state index in [1.807, 2.05) is 30.0 Å². The van der Waals surface area contributed by atoms with Crippen LogP contribution in [0, 0.1) is 5.92 Å². The summed E-state index contributed by atoms with van der Waals surface area (Å²) >= 11 is 1.66. The number of hydrogen-bond donors (Lipinski definition) is 1. The van der Waals surface area contributed by atoms with Crippen molar-refractivity contribution in [1.82, 2.24) is 4.90 Å². The molecule has 1 aliphatic heterocycles. The second-order valence-electron chi connectivity index (χ2n) is 5.44. The zero-order valence-corrected chi connectivity index (χ0v) is 13.1. The highest BCUT2D eigenvalue weighted by atomic mass is 32.2. The molecule has 2 N–H and O–H groups in total. The maximum absolute atomic E-state index is 12.4. The van der Waals surface area contributed by atoms with Crippen molar-refractivity contribution in [3.63, 3.8) is 0 Å². The molecule has 0 aliphatic carbocycles. The Bertz CT molecular complexity index is 484. The fourth-order valence-corrected chi connectivity index (χ4v) is 3.43. The molecule has 4 nitrogen and oxygen atoms in total. The second-order valence-corrected chi connectivity index (χ2v) is 6.77. The molecule has 2 amide bonds. The minimum atomic E-state index is -0.242. The smallest absolute Gasteiger partial charge is 0.235 e. The molecule has 2 rings (SSSR count). The molecule has 5 heteroatoms. The normalized spacial score (nSPS) is 17.5. The Morgan fingerprint density at radius 3 is 2.48 bits per heavy atom. The van der Waals surface area contributed by atoms with Gasteiger partial charge in [-0.2, -0.15) is 0 Å². The molecule has 0 bridgehead atoms. The highest BCUT2D eigenvalue weighted by Crippen LogP contribution is 2.22. The molecular formula is C16H22N2O2S. The van der Waals surface area contributed by atoms with E-state index in [1.54, 1.807) is 11.8 Å². The van der Waals surface area contributed by atoms with Gasteiger partial charge in [0.15, 0.2) is 0 Å². The van der Waals surface area contributed by atoms with Gasteiger partial charge in [0.05, 0.1) is 5.25 Å². The lowest BCUT2D eigenvalue weighted by Crippen LogP contribution is -2.44. The van der Waals surface area contributed by atoms with Crippen LogP contribution in [0.4, 0.5) is 0 Å². The highest BCUT2D eigenvalue weighted by molar-refractivity contribution is 7.99. The molecule has 0 radical (unpaired) electrons. The number of piperidine rings is 1. The SMILES string of the molecule is CC(SCc1ccccc1)C(=O)N1CCC(C(N)=O)CC1. The first kappa shape index (κ1) is 15.9. The Balaban J connectivity index is 1.79. The third-order valence-electron chi connectivity index (χ3n) is 3.90. The van der Waals surface area contributed by atoms with Crippen molar-refractivity contribution in [2.24, 2.45) is 11.7 Å². The molecule has 0 saturated carbocycles. The van der Waals surface area contributed by atoms with Gasteiger partial charge in [-0.1, -0.05) is 30.3 Å². The molecule has 1 heterocycles. The predicted molar refractivity (Wildman–Crippen MR) is 85.7 cm³/mol. The van der Waals surface area contributed by atoms with E-state index < -0.39 is 0 Å². The number of rotatable bonds is 5. The first-order valence-corrected chi connectivity index (χ1v) is 8.36. The van der Waals surface area contributed by atoms with Gasteiger partial charge in [0, 0.05) is 24.8 Å². The molecule has 1 atom stereocenters. The Kier molecular flexibility index (Phi) is 5.67. The predicted octanol–water partition coefficient (Wildman–Crippen LogP) is 2.03. The quantitative estimate of drug-likeness (QED) is 0.905. The maximum atomic E-state index is 12.4. The number of nitrogens with two attached hydrogens (primary N) is 1. The van der Waals surface area contributed by atoms with E-state index in [1.165, 1.54) is 5.56 Å². The summed E-state index contributed by atoms with van der Waals surface area (Å²) in [5.41, 5.74) is 6.55. The number of carbonyl (C=O) groups is 2. The standard InChI is InChI=1S/C16H22N2O2S/c1-12(21-11-13-5-3-2-4-6-13)16(20)18-9-7-14(8-10-18)15(17)19/h2-6,12,14H,7-11H2,1H3,(H2,17,19). The second kappa shape index (κ2) is 7.50. The van der Waals surface area contributed by atoms with E-state index in [4.69, 9.17) is 5.73 Å². The third kappa shape index (κ3) is 4.49. The fraction of sp³-hybridized carbons (Fsp3) is 0.500. The van der Waals surface area contributed by atoms with Gasteiger partial charge in [0.25, 0.3) is 0 Å². The number of benzene rings is 1. The Morgan fingerprint density at radius 2 is 1.90 bits per heavy atom. The van der Waals surface area contributed by atoms with Crippen molar-refractivity contribution in [2.75, 3.05) is 13.1 Å². The van der Waals surface area contributed by atoms with Crippen LogP contribution in [0.1, 0.15) is 25.3 Å². The molecular weight excluding hydrogens is 284 g/mol. The molecule has 1 aromatic rings. The van der Waals surface area contributed by atoms with Crippen molar-refractivity contribution in [1.29, 1.82) is 0 Å².